The molecule has 0 bridgehead atoms. The summed E-state index contributed by atoms with van der Waals surface area (Å²) >= 11 is 15.4. The Hall–Kier alpha value is -1.43. The third kappa shape index (κ3) is 3.61. The minimum absolute atomic E-state index is 0.201. The molecule has 0 unspecified atom stereocenters. The molecule has 0 saturated carbocycles. The quantitative estimate of drug-likeness (QED) is 0.459. The van der Waals surface area contributed by atoms with Gasteiger partial charge in [0.2, 0.25) is 0 Å². The van der Waals surface area contributed by atoms with Gasteiger partial charge in [0, 0.05) is 16.2 Å². The van der Waals surface area contributed by atoms with Gasteiger partial charge in [0.1, 0.15) is 17.1 Å². The zero-order valence-corrected chi connectivity index (χ0v) is 13.9. The van der Waals surface area contributed by atoms with Crippen molar-refractivity contribution in [2.24, 2.45) is 0 Å². The zero-order valence-electron chi connectivity index (χ0n) is 10.8. The predicted molar refractivity (Wildman–Crippen MR) is 86.4 cm³/mol. The van der Waals surface area contributed by atoms with Crippen LogP contribution in [0.5, 0.6) is 11.5 Å². The Balaban J connectivity index is 2.44. The normalized spacial score (nSPS) is 10.3. The molecule has 2 N–H and O–H groups in total. The lowest BCUT2D eigenvalue weighted by molar-refractivity contribution is 0.0598. The summed E-state index contributed by atoms with van der Waals surface area (Å²) in [5, 5.41) is 0.781. The monoisotopic (exact) mass is 389 g/mol. The number of hydrogen-bond acceptors (Lipinski definition) is 4. The fourth-order valence-electron chi connectivity index (χ4n) is 1.61. The first-order valence-corrected chi connectivity index (χ1v) is 7.27. The third-order valence-corrected chi connectivity index (χ3v) is 4.10. The van der Waals surface area contributed by atoms with Crippen LogP contribution in [0, 0.1) is 0 Å². The lowest BCUT2D eigenvalue weighted by Crippen LogP contribution is -2.05. The van der Waals surface area contributed by atoms with Gasteiger partial charge in [0.25, 0.3) is 0 Å². The molecule has 0 aliphatic heterocycles. The Morgan fingerprint density at radius 2 is 1.86 bits per heavy atom. The third-order valence-electron chi connectivity index (χ3n) is 2.60. The van der Waals surface area contributed by atoms with Gasteiger partial charge >= 0.3 is 5.97 Å². The summed E-state index contributed by atoms with van der Waals surface area (Å²) in [6, 6.07) is 7.79. The Labute approximate surface area is 139 Å². The molecule has 110 valence electrons. The van der Waals surface area contributed by atoms with E-state index in [0.29, 0.717) is 26.0 Å². The van der Waals surface area contributed by atoms with Gasteiger partial charge in [-0.3, -0.25) is 0 Å². The summed E-state index contributed by atoms with van der Waals surface area (Å²) < 4.78 is 11.0. The maximum Gasteiger partial charge on any atom is 0.341 e. The van der Waals surface area contributed by atoms with Crippen molar-refractivity contribution in [3.63, 3.8) is 0 Å². The van der Waals surface area contributed by atoms with E-state index in [0.717, 1.165) is 0 Å². The number of benzene rings is 2. The number of ether oxygens (including phenoxy) is 2. The van der Waals surface area contributed by atoms with Crippen molar-refractivity contribution >= 4 is 50.8 Å². The summed E-state index contributed by atoms with van der Waals surface area (Å²) in [5.74, 6) is 0.0350. The summed E-state index contributed by atoms with van der Waals surface area (Å²) in [6.07, 6.45) is 0. The molecule has 2 rings (SSSR count). The van der Waals surface area contributed by atoms with Crippen LogP contribution in [0.25, 0.3) is 0 Å². The highest BCUT2D eigenvalue weighted by Crippen LogP contribution is 2.37. The first-order valence-electron chi connectivity index (χ1n) is 5.72. The number of nitrogens with two attached hydrogens (primary N) is 1. The van der Waals surface area contributed by atoms with E-state index in [1.807, 2.05) is 0 Å². The fourth-order valence-corrected chi connectivity index (χ4v) is 2.44. The van der Waals surface area contributed by atoms with Gasteiger partial charge in [0.15, 0.2) is 0 Å². The van der Waals surface area contributed by atoms with Gasteiger partial charge in [-0.15, -0.1) is 0 Å². The maximum absolute atomic E-state index is 11.8. The van der Waals surface area contributed by atoms with Crippen molar-refractivity contribution in [2.75, 3.05) is 12.8 Å². The smallest absolute Gasteiger partial charge is 0.341 e. The highest BCUT2D eigenvalue weighted by molar-refractivity contribution is 9.10. The van der Waals surface area contributed by atoms with E-state index in [1.165, 1.54) is 13.2 Å². The van der Waals surface area contributed by atoms with Crippen molar-refractivity contribution in [1.29, 1.82) is 0 Å². The number of carbonyl (C=O) groups excluding carboxylic acids is 1. The number of rotatable bonds is 3. The van der Waals surface area contributed by atoms with Crippen molar-refractivity contribution in [1.82, 2.24) is 0 Å². The number of halogens is 3. The number of anilines is 1. The van der Waals surface area contributed by atoms with Crippen LogP contribution in [-0.4, -0.2) is 13.1 Å². The predicted octanol–water partition coefficient (Wildman–Crippen LogP) is 4.92. The lowest BCUT2D eigenvalue weighted by Gasteiger charge is -2.12. The van der Waals surface area contributed by atoms with Crippen LogP contribution < -0.4 is 10.5 Å². The number of hydrogen-bond donors (Lipinski definition) is 1. The molecule has 0 atom stereocenters. The molecule has 0 saturated heterocycles. The van der Waals surface area contributed by atoms with Gasteiger partial charge in [0.05, 0.1) is 17.2 Å². The molecule has 0 aliphatic carbocycles. The van der Waals surface area contributed by atoms with E-state index in [-0.39, 0.29) is 11.3 Å². The second-order valence-electron chi connectivity index (χ2n) is 4.05. The van der Waals surface area contributed by atoms with Crippen LogP contribution in [-0.2, 0) is 4.74 Å². The number of esters is 1. The maximum atomic E-state index is 11.8. The molecule has 4 nitrogen and oxygen atoms in total. The van der Waals surface area contributed by atoms with Crippen LogP contribution >= 0.6 is 39.1 Å². The fraction of sp³-hybridized carbons (Fsp3) is 0.0714. The minimum atomic E-state index is -0.559. The lowest BCUT2D eigenvalue weighted by atomic mass is 10.2. The standard InChI is InChI=1S/C14H10BrCl2NO3/c1-20-14(19)8-4-7(18)2-3-12(8)21-13-6-10(16)9(15)5-11(13)17/h2-6H,18H2,1H3. The van der Waals surface area contributed by atoms with Crippen molar-refractivity contribution < 1.29 is 14.3 Å². The summed E-state index contributed by atoms with van der Waals surface area (Å²) in [4.78, 5) is 11.8. The summed E-state index contributed by atoms with van der Waals surface area (Å²) in [6.45, 7) is 0. The van der Waals surface area contributed by atoms with E-state index in [2.05, 4.69) is 15.9 Å². The van der Waals surface area contributed by atoms with Gasteiger partial charge in [-0.1, -0.05) is 23.2 Å². The van der Waals surface area contributed by atoms with Crippen molar-refractivity contribution in [3.05, 3.63) is 50.4 Å². The van der Waals surface area contributed by atoms with Gasteiger partial charge in [-0.25, -0.2) is 4.79 Å². The van der Waals surface area contributed by atoms with Crippen molar-refractivity contribution in [3.8, 4) is 11.5 Å². The zero-order chi connectivity index (χ0) is 15.6. The molecule has 0 amide bonds. The molecule has 2 aromatic carbocycles. The summed E-state index contributed by atoms with van der Waals surface area (Å²) in [5.41, 5.74) is 6.29. The molecule has 0 radical (unpaired) electrons. The van der Waals surface area contributed by atoms with Crippen LogP contribution in [0.3, 0.4) is 0 Å². The van der Waals surface area contributed by atoms with E-state index < -0.39 is 5.97 Å². The largest absolute Gasteiger partial charge is 0.465 e. The van der Waals surface area contributed by atoms with Crippen LogP contribution in [0.4, 0.5) is 5.69 Å². The van der Waals surface area contributed by atoms with Crippen LogP contribution in [0.2, 0.25) is 10.0 Å². The Bertz CT molecular complexity index is 707. The minimum Gasteiger partial charge on any atom is -0.465 e. The number of methoxy groups -OCH3 is 1. The van der Waals surface area contributed by atoms with Crippen LogP contribution in [0.15, 0.2) is 34.8 Å². The molecular weight excluding hydrogens is 381 g/mol. The van der Waals surface area contributed by atoms with Crippen LogP contribution in [0.1, 0.15) is 10.4 Å². The van der Waals surface area contributed by atoms with E-state index in [1.54, 1.807) is 24.3 Å². The van der Waals surface area contributed by atoms with E-state index in [9.17, 15) is 4.79 Å². The average Bonchev–Trinajstić information content (AvgIpc) is 2.45. The molecule has 21 heavy (non-hydrogen) atoms. The van der Waals surface area contributed by atoms with E-state index in [4.69, 9.17) is 38.4 Å². The van der Waals surface area contributed by atoms with Crippen molar-refractivity contribution in [2.45, 2.75) is 0 Å². The Morgan fingerprint density at radius 1 is 1.14 bits per heavy atom. The Morgan fingerprint density at radius 3 is 2.52 bits per heavy atom. The van der Waals surface area contributed by atoms with Gasteiger partial charge < -0.3 is 15.2 Å². The topological polar surface area (TPSA) is 61.5 Å². The second-order valence-corrected chi connectivity index (χ2v) is 5.71. The molecular formula is C14H10BrCl2NO3. The first kappa shape index (κ1) is 15.9. The number of carbonyl (C=O) groups is 1. The highest BCUT2D eigenvalue weighted by atomic mass is 79.9. The molecule has 0 aliphatic rings. The van der Waals surface area contributed by atoms with Gasteiger partial charge in [-0.05, 0) is 40.2 Å². The molecule has 0 aromatic heterocycles. The molecule has 0 heterocycles. The first-order chi connectivity index (χ1) is 9.92. The van der Waals surface area contributed by atoms with Gasteiger partial charge in [-0.2, -0.15) is 0 Å². The Kier molecular flexibility index (Phi) is 4.98. The average molecular weight is 391 g/mol. The molecule has 7 heteroatoms. The molecule has 0 fully saturated rings. The van der Waals surface area contributed by atoms with E-state index >= 15 is 0 Å². The summed E-state index contributed by atoms with van der Waals surface area (Å²) in [7, 11) is 1.28. The molecule has 2 aromatic rings. The molecule has 0 spiro atoms. The SMILES string of the molecule is COC(=O)c1cc(N)ccc1Oc1cc(Cl)c(Br)cc1Cl. The number of nitrogen functional groups attached to an aromatic ring is 1. The highest BCUT2D eigenvalue weighted by Gasteiger charge is 2.16. The second kappa shape index (κ2) is 6.56.